The molecule has 2 aromatic heterocycles. The van der Waals surface area contributed by atoms with Crippen LogP contribution in [0.5, 0.6) is 0 Å². The highest BCUT2D eigenvalue weighted by molar-refractivity contribution is 5.97. The predicted molar refractivity (Wildman–Crippen MR) is 133 cm³/mol. The maximum Gasteiger partial charge on any atom is 0.341 e. The van der Waals surface area contributed by atoms with Crippen LogP contribution in [0.1, 0.15) is 42.6 Å². The van der Waals surface area contributed by atoms with E-state index in [4.69, 9.17) is 26.5 Å². The molecule has 0 radical (unpaired) electrons. The molecule has 15 heteroatoms. The van der Waals surface area contributed by atoms with E-state index in [9.17, 15) is 28.7 Å². The average molecular weight is 537 g/mol. The van der Waals surface area contributed by atoms with Crippen molar-refractivity contribution >= 4 is 40.5 Å². The van der Waals surface area contributed by atoms with Gasteiger partial charge in [0.2, 0.25) is 5.43 Å². The lowest BCUT2D eigenvalue weighted by atomic mass is 9.88. The fourth-order valence-electron chi connectivity index (χ4n) is 4.04. The summed E-state index contributed by atoms with van der Waals surface area (Å²) in [4.78, 5) is 54.7. The Hall–Kier alpha value is -4.11. The van der Waals surface area contributed by atoms with E-state index >= 15 is 0 Å². The van der Waals surface area contributed by atoms with Crippen molar-refractivity contribution in [2.45, 2.75) is 38.3 Å². The molecular formula is C23H29FN6O8. The first-order chi connectivity index (χ1) is 17.8. The van der Waals surface area contributed by atoms with Crippen molar-refractivity contribution < 1.29 is 38.9 Å². The first-order valence-corrected chi connectivity index (χ1v) is 11.6. The molecule has 3 heterocycles. The third kappa shape index (κ3) is 5.89. The van der Waals surface area contributed by atoms with Gasteiger partial charge in [-0.05, 0) is 18.9 Å². The largest absolute Gasteiger partial charge is 0.481 e. The van der Waals surface area contributed by atoms with E-state index in [1.54, 1.807) is 9.47 Å². The van der Waals surface area contributed by atoms with Crippen molar-refractivity contribution in [3.8, 4) is 0 Å². The van der Waals surface area contributed by atoms with Crippen LogP contribution in [0.15, 0.2) is 22.2 Å². The van der Waals surface area contributed by atoms with Gasteiger partial charge in [-0.3, -0.25) is 14.4 Å². The Balaban J connectivity index is 0.000000383. The first kappa shape index (κ1) is 28.5. The summed E-state index contributed by atoms with van der Waals surface area (Å²) in [6.07, 6.45) is 2.48. The maximum absolute atomic E-state index is 15.0. The van der Waals surface area contributed by atoms with Crippen LogP contribution < -0.4 is 21.8 Å². The molecule has 1 aliphatic carbocycles. The van der Waals surface area contributed by atoms with Crippen molar-refractivity contribution in [1.82, 2.24) is 9.55 Å². The van der Waals surface area contributed by atoms with Gasteiger partial charge < -0.3 is 41.1 Å². The van der Waals surface area contributed by atoms with Gasteiger partial charge in [0, 0.05) is 30.7 Å². The molecule has 1 unspecified atom stereocenters. The number of hydrogen-bond acceptors (Lipinski definition) is 10. The minimum Gasteiger partial charge on any atom is -0.481 e. The molecular weight excluding hydrogens is 507 g/mol. The van der Waals surface area contributed by atoms with Crippen molar-refractivity contribution in [2.24, 2.45) is 22.0 Å². The number of halogens is 1. The van der Waals surface area contributed by atoms with E-state index in [2.05, 4.69) is 10.1 Å². The molecule has 0 bridgehead atoms. The second kappa shape index (κ2) is 11.1. The Labute approximate surface area is 215 Å². The fraction of sp³-hybridized carbons (Fsp3) is 0.478. The van der Waals surface area contributed by atoms with Gasteiger partial charge in [-0.1, -0.05) is 12.1 Å². The Morgan fingerprint density at radius 3 is 2.45 bits per heavy atom. The van der Waals surface area contributed by atoms with Crippen molar-refractivity contribution in [1.29, 1.82) is 0 Å². The molecule has 2 aromatic rings. The number of fused-ring (bicyclic) bond motifs is 1. The molecule has 38 heavy (non-hydrogen) atoms. The van der Waals surface area contributed by atoms with Gasteiger partial charge in [-0.2, -0.15) is 0 Å². The molecule has 2 atom stereocenters. The molecule has 1 aliphatic heterocycles. The molecule has 206 valence electrons. The third-order valence-electron chi connectivity index (χ3n) is 6.35. The minimum atomic E-state index is -1.34. The molecule has 14 nitrogen and oxygen atoms in total. The summed E-state index contributed by atoms with van der Waals surface area (Å²) in [6.45, 7) is 2.90. The number of carbonyl (C=O) groups is 3. The van der Waals surface area contributed by atoms with Crippen LogP contribution in [0.4, 0.5) is 10.2 Å². The van der Waals surface area contributed by atoms with Crippen LogP contribution in [-0.2, 0) is 14.4 Å². The fourth-order valence-corrected chi connectivity index (χ4v) is 4.04. The van der Waals surface area contributed by atoms with E-state index in [0.29, 0.717) is 18.8 Å². The van der Waals surface area contributed by atoms with Crippen molar-refractivity contribution in [3.63, 3.8) is 0 Å². The number of hydrogen-bond donors (Lipinski definition) is 5. The number of rotatable bonds is 8. The monoisotopic (exact) mass is 536 g/mol. The molecule has 7 N–H and O–H groups in total. The molecule has 2 fully saturated rings. The minimum absolute atomic E-state index is 0.0374. The lowest BCUT2D eigenvalue weighted by Gasteiger charge is -2.23. The molecule has 0 amide bonds. The summed E-state index contributed by atoms with van der Waals surface area (Å²) in [5, 5.41) is 29.4. The van der Waals surface area contributed by atoms with E-state index in [-0.39, 0.29) is 35.0 Å². The highest BCUT2D eigenvalue weighted by Gasteiger charge is 2.41. The number of aromatic nitrogens is 2. The topological polar surface area (TPSA) is 224 Å². The van der Waals surface area contributed by atoms with Gasteiger partial charge in [-0.15, -0.1) is 0 Å². The number of nitrogens with two attached hydrogens (primary N) is 2. The summed E-state index contributed by atoms with van der Waals surface area (Å²) in [6, 6.07) is -0.153. The molecule has 0 aromatic carbocycles. The Bertz CT molecular complexity index is 1360. The van der Waals surface area contributed by atoms with Gasteiger partial charge in [0.15, 0.2) is 11.6 Å². The summed E-state index contributed by atoms with van der Waals surface area (Å²) in [5.74, 6) is -4.45. The average Bonchev–Trinajstić information content (AvgIpc) is 3.63. The zero-order valence-corrected chi connectivity index (χ0v) is 20.8. The number of carboxylic acid groups (broad SMARTS) is 3. The van der Waals surface area contributed by atoms with Crippen molar-refractivity contribution in [2.75, 3.05) is 31.6 Å². The van der Waals surface area contributed by atoms with Gasteiger partial charge in [0.1, 0.15) is 24.4 Å². The summed E-state index contributed by atoms with van der Waals surface area (Å²) in [7, 11) is 1.44. The molecule has 1 saturated heterocycles. The number of anilines is 1. The normalized spacial score (nSPS) is 20.7. The molecule has 1 saturated carbocycles. The number of nitrogens with zero attached hydrogens (tertiary/aromatic N) is 4. The smallest absolute Gasteiger partial charge is 0.341 e. The quantitative estimate of drug-likeness (QED) is 0.286. The van der Waals surface area contributed by atoms with Crippen LogP contribution in [0.25, 0.3) is 11.0 Å². The van der Waals surface area contributed by atoms with Gasteiger partial charge in [0.05, 0.1) is 24.1 Å². The standard InChI is InChI=1S/C19H22FN5O4.C4H7NO4/c1-19(8-21)9-24(7-14(19)23-29-2)17-13(20)5-11-15(26)12(18(27)28)6-25(10-3-4-10)16(11)22-17;5-2(4(8)9)1-3(6)7/h5-6,10H,3-4,7-9,21H2,1-2H3,(H,27,28);2H,1,5H2,(H,6,7)(H,8,9)/t;2-/m.0/s1. The number of pyridine rings is 2. The zero-order chi connectivity index (χ0) is 28.4. The lowest BCUT2D eigenvalue weighted by Crippen LogP contribution is -2.36. The summed E-state index contributed by atoms with van der Waals surface area (Å²) >= 11 is 0. The Kier molecular flexibility index (Phi) is 8.31. The van der Waals surface area contributed by atoms with E-state index in [1.807, 2.05) is 6.92 Å². The second-order valence-electron chi connectivity index (χ2n) is 9.36. The second-order valence-corrected chi connectivity index (χ2v) is 9.36. The zero-order valence-electron chi connectivity index (χ0n) is 20.8. The summed E-state index contributed by atoms with van der Waals surface area (Å²) in [5.41, 5.74) is 10.1. The van der Waals surface area contributed by atoms with Crippen LogP contribution >= 0.6 is 0 Å². The third-order valence-corrected chi connectivity index (χ3v) is 6.35. The lowest BCUT2D eigenvalue weighted by molar-refractivity contribution is -0.144. The van der Waals surface area contributed by atoms with Crippen LogP contribution in [0, 0.1) is 11.2 Å². The van der Waals surface area contributed by atoms with E-state index in [1.165, 1.54) is 13.3 Å². The van der Waals surface area contributed by atoms with Gasteiger partial charge in [-0.25, -0.2) is 14.2 Å². The molecule has 4 rings (SSSR count). The van der Waals surface area contributed by atoms with Crippen LogP contribution in [-0.4, -0.2) is 81.3 Å². The van der Waals surface area contributed by atoms with Crippen LogP contribution in [0.2, 0.25) is 0 Å². The predicted octanol–water partition coefficient (Wildman–Crippen LogP) is 0.229. The van der Waals surface area contributed by atoms with Crippen LogP contribution in [0.3, 0.4) is 0 Å². The maximum atomic E-state index is 15.0. The Morgan fingerprint density at radius 1 is 1.32 bits per heavy atom. The highest BCUT2D eigenvalue weighted by atomic mass is 19.1. The number of oxime groups is 1. The number of carboxylic acids is 3. The van der Waals surface area contributed by atoms with Gasteiger partial charge >= 0.3 is 17.9 Å². The number of aromatic carboxylic acids is 1. The van der Waals surface area contributed by atoms with Gasteiger partial charge in [0.25, 0.3) is 0 Å². The van der Waals surface area contributed by atoms with Crippen molar-refractivity contribution in [3.05, 3.63) is 33.9 Å². The summed E-state index contributed by atoms with van der Waals surface area (Å²) < 4.78 is 16.7. The SMILES string of the molecule is CON=C1CN(c2nc3c(cc2F)c(=O)c(C(=O)O)cn3C2CC2)CC1(C)CN.N[C@@H](CC(=O)O)C(=O)O. The first-order valence-electron chi connectivity index (χ1n) is 11.6. The molecule has 0 spiro atoms. The molecule has 2 aliphatic rings. The Morgan fingerprint density at radius 2 is 1.97 bits per heavy atom. The van der Waals surface area contributed by atoms with E-state index in [0.717, 1.165) is 18.9 Å². The van der Waals surface area contributed by atoms with E-state index < -0.39 is 47.0 Å². The highest BCUT2D eigenvalue weighted by Crippen LogP contribution is 2.38. The number of aliphatic carboxylic acids is 2.